The summed E-state index contributed by atoms with van der Waals surface area (Å²) < 4.78 is 0. The van der Waals surface area contributed by atoms with Crippen molar-refractivity contribution in [1.82, 2.24) is 0 Å². The number of hydrogen-bond donors (Lipinski definition) is 2. The Bertz CT molecular complexity index is 793. The molecule has 0 saturated heterocycles. The van der Waals surface area contributed by atoms with Crippen molar-refractivity contribution < 1.29 is 10.2 Å². The molecule has 42 heavy (non-hydrogen) atoms. The summed E-state index contributed by atoms with van der Waals surface area (Å²) >= 11 is 0. The third-order valence-electron chi connectivity index (χ3n) is 11.7. The zero-order chi connectivity index (χ0) is 31.5. The topological polar surface area (TPSA) is 40.5 Å². The molecule has 2 heteroatoms. The summed E-state index contributed by atoms with van der Waals surface area (Å²) in [6.07, 6.45) is 26.3. The van der Waals surface area contributed by atoms with E-state index in [-0.39, 0.29) is 23.0 Å². The summed E-state index contributed by atoms with van der Waals surface area (Å²) in [6.45, 7) is 23.9. The van der Waals surface area contributed by atoms with Crippen molar-refractivity contribution >= 4 is 0 Å². The summed E-state index contributed by atoms with van der Waals surface area (Å²) in [5.74, 6) is 5.72. The Hall–Kier alpha value is -0.600. The van der Waals surface area contributed by atoms with Gasteiger partial charge < -0.3 is 10.2 Å². The first kappa shape index (κ1) is 37.6. The Morgan fingerprint density at radius 1 is 0.619 bits per heavy atom. The maximum absolute atomic E-state index is 10.2. The van der Waals surface area contributed by atoms with Gasteiger partial charge in [0.1, 0.15) is 0 Å². The van der Waals surface area contributed by atoms with Crippen molar-refractivity contribution in [3.8, 4) is 0 Å². The summed E-state index contributed by atoms with van der Waals surface area (Å²) in [5, 5.41) is 20.4. The van der Waals surface area contributed by atoms with Crippen LogP contribution in [0, 0.1) is 58.2 Å². The van der Waals surface area contributed by atoms with Crippen LogP contribution in [0.25, 0.3) is 0 Å². The molecule has 2 aliphatic rings. The van der Waals surface area contributed by atoms with Crippen LogP contribution in [0.1, 0.15) is 159 Å². The normalized spacial score (nSPS) is 32.7. The van der Waals surface area contributed by atoms with E-state index >= 15 is 0 Å². The van der Waals surface area contributed by atoms with Crippen LogP contribution in [0.5, 0.6) is 0 Å². The molecule has 0 aromatic heterocycles. The maximum atomic E-state index is 10.2. The second-order valence-electron chi connectivity index (χ2n) is 17.3. The van der Waals surface area contributed by atoms with Crippen LogP contribution in [0.2, 0.25) is 0 Å². The highest BCUT2D eigenvalue weighted by atomic mass is 16.3. The molecule has 0 heterocycles. The molecule has 10 atom stereocenters. The molecule has 0 spiro atoms. The number of allylic oxidation sites excluding steroid dienone is 4. The average molecular weight is 587 g/mol. The van der Waals surface area contributed by atoms with Crippen LogP contribution in [-0.4, -0.2) is 22.4 Å². The summed E-state index contributed by atoms with van der Waals surface area (Å²) in [6, 6.07) is 0. The quantitative estimate of drug-likeness (QED) is 0.166. The predicted molar refractivity (Wildman–Crippen MR) is 184 cm³/mol. The lowest BCUT2D eigenvalue weighted by molar-refractivity contribution is -0.0178. The van der Waals surface area contributed by atoms with Gasteiger partial charge >= 0.3 is 0 Å². The minimum atomic E-state index is -0.102. The highest BCUT2D eigenvalue weighted by Gasteiger charge is 2.41. The summed E-state index contributed by atoms with van der Waals surface area (Å²) in [5.41, 5.74) is 0.543. The molecule has 0 bridgehead atoms. The lowest BCUT2D eigenvalue weighted by Crippen LogP contribution is -2.40. The van der Waals surface area contributed by atoms with Crippen LogP contribution in [0.4, 0.5) is 0 Å². The molecule has 2 fully saturated rings. The van der Waals surface area contributed by atoms with Crippen LogP contribution in [0.3, 0.4) is 0 Å². The molecule has 2 nitrogen and oxygen atoms in total. The molecule has 0 amide bonds. The van der Waals surface area contributed by atoms with E-state index in [1.165, 1.54) is 57.8 Å². The molecule has 2 rings (SSSR count). The van der Waals surface area contributed by atoms with E-state index < -0.39 is 0 Å². The van der Waals surface area contributed by atoms with Crippen molar-refractivity contribution in [3.63, 3.8) is 0 Å². The van der Waals surface area contributed by atoms with E-state index in [0.29, 0.717) is 17.8 Å². The highest BCUT2D eigenvalue weighted by Crippen LogP contribution is 2.48. The number of rotatable bonds is 17. The molecular weight excluding hydrogens is 512 g/mol. The number of aliphatic hydroxyl groups excluding tert-OH is 2. The fraction of sp³-hybridized carbons (Fsp3) is 0.900. The highest BCUT2D eigenvalue weighted by molar-refractivity contribution is 4.95. The molecule has 0 aliphatic heterocycles. The van der Waals surface area contributed by atoms with E-state index in [0.717, 1.165) is 61.7 Å². The SMILES string of the molecule is C[C@@H](CCC[C@H](C)C/C=C/C[C@H](C)/C=C/C[C@@H](C)CC[C@H]1[C@H](C)C[C@@H](O)CC1(C)C)CC[C@@H]1[C@H](C)C[C@@H](O)CC1(C)C. The monoisotopic (exact) mass is 587 g/mol. The van der Waals surface area contributed by atoms with Crippen molar-refractivity contribution in [2.75, 3.05) is 0 Å². The second-order valence-corrected chi connectivity index (χ2v) is 17.3. The zero-order valence-electron chi connectivity index (χ0n) is 29.9. The van der Waals surface area contributed by atoms with E-state index in [1.54, 1.807) is 0 Å². The molecular formula is C40H74O2. The van der Waals surface area contributed by atoms with Crippen molar-refractivity contribution in [2.45, 2.75) is 171 Å². The minimum absolute atomic E-state index is 0.0937. The van der Waals surface area contributed by atoms with Gasteiger partial charge in [-0.15, -0.1) is 0 Å². The summed E-state index contributed by atoms with van der Waals surface area (Å²) in [4.78, 5) is 0. The molecule has 2 N–H and O–H groups in total. The van der Waals surface area contributed by atoms with Crippen molar-refractivity contribution in [1.29, 1.82) is 0 Å². The molecule has 0 aromatic rings. The molecule has 0 aromatic carbocycles. The van der Waals surface area contributed by atoms with Gasteiger partial charge in [0.15, 0.2) is 0 Å². The molecule has 246 valence electrons. The Labute approximate surface area is 263 Å². The van der Waals surface area contributed by atoms with Gasteiger partial charge in [-0.2, -0.15) is 0 Å². The first-order chi connectivity index (χ1) is 19.6. The Balaban J connectivity index is 1.56. The van der Waals surface area contributed by atoms with Crippen LogP contribution < -0.4 is 0 Å². The van der Waals surface area contributed by atoms with E-state index in [9.17, 15) is 10.2 Å². The number of aliphatic hydroxyl groups is 2. The molecule has 0 radical (unpaired) electrons. The van der Waals surface area contributed by atoms with E-state index in [4.69, 9.17) is 0 Å². The van der Waals surface area contributed by atoms with Gasteiger partial charge in [-0.3, -0.25) is 0 Å². The largest absolute Gasteiger partial charge is 0.393 e. The fourth-order valence-electron chi connectivity index (χ4n) is 9.15. The van der Waals surface area contributed by atoms with Gasteiger partial charge in [0.2, 0.25) is 0 Å². The second kappa shape index (κ2) is 17.8. The van der Waals surface area contributed by atoms with Gasteiger partial charge in [0, 0.05) is 0 Å². The maximum Gasteiger partial charge on any atom is 0.0548 e. The van der Waals surface area contributed by atoms with E-state index in [2.05, 4.69) is 93.5 Å². The average Bonchev–Trinajstić information content (AvgIpc) is 2.84. The lowest BCUT2D eigenvalue weighted by atomic mass is 9.61. The summed E-state index contributed by atoms with van der Waals surface area (Å²) in [7, 11) is 0. The minimum Gasteiger partial charge on any atom is -0.393 e. The molecule has 2 saturated carbocycles. The van der Waals surface area contributed by atoms with Crippen molar-refractivity contribution in [3.05, 3.63) is 24.3 Å². The Morgan fingerprint density at radius 3 is 1.57 bits per heavy atom. The van der Waals surface area contributed by atoms with Gasteiger partial charge in [-0.1, -0.05) is 126 Å². The predicted octanol–water partition coefficient (Wildman–Crippen LogP) is 11.4. The third-order valence-corrected chi connectivity index (χ3v) is 11.7. The van der Waals surface area contributed by atoms with Crippen molar-refractivity contribution in [2.24, 2.45) is 58.2 Å². The van der Waals surface area contributed by atoms with E-state index in [1.807, 2.05) is 0 Å². The van der Waals surface area contributed by atoms with Crippen LogP contribution in [0.15, 0.2) is 24.3 Å². The smallest absolute Gasteiger partial charge is 0.0548 e. The standard InChI is InChI=1S/C40H74O2/c1-29(17-13-19-31(3)21-23-37-33(5)25-35(41)27-39(37,7)8)15-11-12-16-30(2)18-14-20-32(4)22-24-38-34(6)26-36(42)28-40(38,9)10/h11-13,17,29-38,41-42H,14-16,18-28H2,1-10H3/b12-11+,17-13+/t29-,30+,31+,32-,33+,34+,35+,36+,37-,38+/m0/s1. The van der Waals surface area contributed by atoms with Crippen LogP contribution in [-0.2, 0) is 0 Å². The molecule has 2 aliphatic carbocycles. The van der Waals surface area contributed by atoms with Crippen LogP contribution >= 0.6 is 0 Å². The Kier molecular flexibility index (Phi) is 15.9. The van der Waals surface area contributed by atoms with Gasteiger partial charge in [0.25, 0.3) is 0 Å². The van der Waals surface area contributed by atoms with Gasteiger partial charge in [-0.05, 0) is 116 Å². The first-order valence-electron chi connectivity index (χ1n) is 18.3. The number of hydrogen-bond acceptors (Lipinski definition) is 2. The van der Waals surface area contributed by atoms with Gasteiger partial charge in [0.05, 0.1) is 12.2 Å². The Morgan fingerprint density at radius 2 is 1.05 bits per heavy atom. The fourth-order valence-corrected chi connectivity index (χ4v) is 9.15. The van der Waals surface area contributed by atoms with Gasteiger partial charge in [-0.25, -0.2) is 0 Å². The first-order valence-corrected chi connectivity index (χ1v) is 18.3. The third kappa shape index (κ3) is 13.2. The lowest BCUT2D eigenvalue weighted by Gasteiger charge is -2.45. The zero-order valence-corrected chi connectivity index (χ0v) is 29.9. The molecule has 0 unspecified atom stereocenters.